The molecule has 0 atom stereocenters. The van der Waals surface area contributed by atoms with E-state index in [4.69, 9.17) is 9.57 Å². The number of rotatable bonds is 5. The Bertz CT molecular complexity index is 892. The summed E-state index contributed by atoms with van der Waals surface area (Å²) in [6.07, 6.45) is 0. The Kier molecular flexibility index (Phi) is 5.40. The summed E-state index contributed by atoms with van der Waals surface area (Å²) >= 11 is 1.06. The Morgan fingerprint density at radius 2 is 1.88 bits per heavy atom. The number of nitrogens with zero attached hydrogens (tertiary/aromatic N) is 2. The van der Waals surface area contributed by atoms with Gasteiger partial charge in [-0.2, -0.15) is 0 Å². The first-order chi connectivity index (χ1) is 12.0. The summed E-state index contributed by atoms with van der Waals surface area (Å²) in [4.78, 5) is 5.36. The van der Waals surface area contributed by atoms with Gasteiger partial charge in [-0.1, -0.05) is 35.5 Å². The summed E-state index contributed by atoms with van der Waals surface area (Å²) < 4.78 is 31.5. The molecule has 2 aromatic rings. The van der Waals surface area contributed by atoms with E-state index in [9.17, 15) is 8.42 Å². The molecule has 1 aliphatic rings. The quantitative estimate of drug-likeness (QED) is 0.590. The van der Waals surface area contributed by atoms with Gasteiger partial charge in [-0.25, -0.2) is 8.42 Å². The molecule has 2 aromatic carbocycles. The van der Waals surface area contributed by atoms with Gasteiger partial charge in [-0.3, -0.25) is 0 Å². The molecule has 0 amide bonds. The van der Waals surface area contributed by atoms with Gasteiger partial charge in [0.15, 0.2) is 0 Å². The van der Waals surface area contributed by atoms with E-state index in [1.807, 2.05) is 49.4 Å². The van der Waals surface area contributed by atoms with Gasteiger partial charge in [0.25, 0.3) is 15.3 Å². The number of thioether (sulfide) groups is 1. The van der Waals surface area contributed by atoms with E-state index >= 15 is 0 Å². The van der Waals surface area contributed by atoms with Crippen LogP contribution in [0.15, 0.2) is 64.2 Å². The van der Waals surface area contributed by atoms with Crippen molar-refractivity contribution in [3.63, 3.8) is 0 Å². The summed E-state index contributed by atoms with van der Waals surface area (Å²) in [5.74, 6) is 0.519. The van der Waals surface area contributed by atoms with Crippen LogP contribution in [0.2, 0.25) is 0 Å². The zero-order chi connectivity index (χ0) is 17.7. The standard InChI is InChI=1S/C17H16N2O4S2/c1-13(18-22-11-14-5-3-2-4-6-14)15-7-9-16(10-8-15)23-17-19-25(20,21)12-24-17/h2-10H,11-12H2,1H3/b18-13-. The van der Waals surface area contributed by atoms with E-state index in [0.29, 0.717) is 12.4 Å². The van der Waals surface area contributed by atoms with Gasteiger partial charge in [-0.05, 0) is 54.1 Å². The van der Waals surface area contributed by atoms with Crippen molar-refractivity contribution in [1.29, 1.82) is 0 Å². The molecular formula is C17H16N2O4S2. The fraction of sp³-hybridized carbons (Fsp3) is 0.176. The smallest absolute Gasteiger partial charge is 0.268 e. The van der Waals surface area contributed by atoms with Crippen molar-refractivity contribution in [2.24, 2.45) is 9.55 Å². The maximum Gasteiger partial charge on any atom is 0.268 e. The monoisotopic (exact) mass is 376 g/mol. The molecule has 25 heavy (non-hydrogen) atoms. The molecule has 1 heterocycles. The van der Waals surface area contributed by atoms with Gasteiger partial charge in [0.05, 0.1) is 5.71 Å². The second-order valence-corrected chi connectivity index (χ2v) is 8.19. The average Bonchev–Trinajstić information content (AvgIpc) is 2.95. The zero-order valence-corrected chi connectivity index (χ0v) is 15.1. The first-order valence-electron chi connectivity index (χ1n) is 7.46. The Morgan fingerprint density at radius 1 is 1.16 bits per heavy atom. The van der Waals surface area contributed by atoms with Gasteiger partial charge in [0, 0.05) is 0 Å². The molecule has 0 bridgehead atoms. The lowest BCUT2D eigenvalue weighted by Gasteiger charge is -2.05. The van der Waals surface area contributed by atoms with Crippen LogP contribution < -0.4 is 4.74 Å². The predicted molar refractivity (Wildman–Crippen MR) is 99.3 cm³/mol. The Morgan fingerprint density at radius 3 is 2.52 bits per heavy atom. The van der Waals surface area contributed by atoms with Crippen LogP contribution in [0.25, 0.3) is 0 Å². The first kappa shape index (κ1) is 17.5. The lowest BCUT2D eigenvalue weighted by atomic mass is 10.1. The van der Waals surface area contributed by atoms with Crippen LogP contribution in [-0.4, -0.2) is 24.4 Å². The SMILES string of the molecule is C/C(=N/OCc1ccccc1)c1ccc(OC2=NS(=O)(=O)CS2)cc1. The minimum Gasteiger partial charge on any atom is -0.433 e. The van der Waals surface area contributed by atoms with Crippen LogP contribution >= 0.6 is 11.8 Å². The topological polar surface area (TPSA) is 77.3 Å². The van der Waals surface area contributed by atoms with E-state index in [0.717, 1.165) is 28.6 Å². The van der Waals surface area contributed by atoms with E-state index in [1.54, 1.807) is 12.1 Å². The molecule has 0 spiro atoms. The highest BCUT2D eigenvalue weighted by atomic mass is 32.3. The van der Waals surface area contributed by atoms with E-state index in [1.165, 1.54) is 0 Å². The third-order valence-corrected chi connectivity index (χ3v) is 5.94. The Labute approximate surface area is 150 Å². The second-order valence-electron chi connectivity index (χ2n) is 5.26. The van der Waals surface area contributed by atoms with Crippen LogP contribution in [0, 0.1) is 0 Å². The third kappa shape index (κ3) is 5.07. The highest BCUT2D eigenvalue weighted by Crippen LogP contribution is 2.23. The van der Waals surface area contributed by atoms with Crippen molar-refractivity contribution >= 4 is 32.7 Å². The van der Waals surface area contributed by atoms with Gasteiger partial charge in [0.2, 0.25) is 0 Å². The zero-order valence-electron chi connectivity index (χ0n) is 13.5. The molecule has 0 fully saturated rings. The second kappa shape index (κ2) is 7.71. The van der Waals surface area contributed by atoms with Crippen molar-refractivity contribution in [2.45, 2.75) is 13.5 Å². The van der Waals surface area contributed by atoms with Crippen LogP contribution in [0.4, 0.5) is 0 Å². The molecule has 6 nitrogen and oxygen atoms in total. The van der Waals surface area contributed by atoms with Crippen molar-refractivity contribution in [3.05, 3.63) is 65.7 Å². The van der Waals surface area contributed by atoms with Gasteiger partial charge in [0.1, 0.15) is 17.4 Å². The molecule has 1 aliphatic heterocycles. The first-order valence-corrected chi connectivity index (χ1v) is 10.1. The molecule has 0 N–H and O–H groups in total. The summed E-state index contributed by atoms with van der Waals surface area (Å²) in [7, 11) is -3.38. The van der Waals surface area contributed by atoms with Crippen molar-refractivity contribution in [1.82, 2.24) is 0 Å². The fourth-order valence-corrected chi connectivity index (χ4v) is 4.22. The Hall–Kier alpha value is -2.32. The number of ether oxygens (including phenoxy) is 1. The fourth-order valence-electron chi connectivity index (χ4n) is 2.03. The molecule has 0 unspecified atom stereocenters. The summed E-state index contributed by atoms with van der Waals surface area (Å²) in [5.41, 5.74) is 2.67. The number of hydrogen-bond donors (Lipinski definition) is 0. The van der Waals surface area contributed by atoms with Crippen molar-refractivity contribution in [2.75, 3.05) is 5.08 Å². The van der Waals surface area contributed by atoms with E-state index in [-0.39, 0.29) is 10.3 Å². The van der Waals surface area contributed by atoms with E-state index < -0.39 is 10.0 Å². The Balaban J connectivity index is 1.59. The summed E-state index contributed by atoms with van der Waals surface area (Å²) in [5, 5.41) is 4.17. The highest BCUT2D eigenvalue weighted by Gasteiger charge is 2.22. The highest BCUT2D eigenvalue weighted by molar-refractivity contribution is 8.24. The average molecular weight is 376 g/mol. The van der Waals surface area contributed by atoms with Gasteiger partial charge < -0.3 is 9.57 Å². The van der Waals surface area contributed by atoms with Gasteiger partial charge in [-0.15, -0.1) is 4.40 Å². The molecule has 130 valence electrons. The maximum atomic E-state index is 11.3. The normalized spacial score (nSPS) is 16.4. The van der Waals surface area contributed by atoms with Crippen molar-refractivity contribution < 1.29 is 18.0 Å². The minimum atomic E-state index is -3.38. The summed E-state index contributed by atoms with van der Waals surface area (Å²) in [6.45, 7) is 2.26. The number of hydrogen-bond acceptors (Lipinski definition) is 6. The number of benzene rings is 2. The molecule has 0 aromatic heterocycles. The van der Waals surface area contributed by atoms with Crippen LogP contribution in [0.5, 0.6) is 5.75 Å². The molecule has 0 aliphatic carbocycles. The predicted octanol–water partition coefficient (Wildman–Crippen LogP) is 3.40. The summed E-state index contributed by atoms with van der Waals surface area (Å²) in [6, 6.07) is 16.9. The number of sulfonamides is 1. The third-order valence-electron chi connectivity index (χ3n) is 3.30. The molecular weight excluding hydrogens is 360 g/mol. The molecule has 8 heteroatoms. The number of oxime groups is 1. The maximum absolute atomic E-state index is 11.3. The van der Waals surface area contributed by atoms with Crippen LogP contribution in [0.3, 0.4) is 0 Å². The lowest BCUT2D eigenvalue weighted by Crippen LogP contribution is -2.01. The van der Waals surface area contributed by atoms with Gasteiger partial charge >= 0.3 is 0 Å². The molecule has 0 radical (unpaired) electrons. The largest absolute Gasteiger partial charge is 0.433 e. The molecule has 3 rings (SSSR count). The van der Waals surface area contributed by atoms with E-state index in [2.05, 4.69) is 9.55 Å². The molecule has 0 saturated heterocycles. The van der Waals surface area contributed by atoms with Crippen LogP contribution in [-0.2, 0) is 21.5 Å². The van der Waals surface area contributed by atoms with Crippen LogP contribution in [0.1, 0.15) is 18.1 Å². The lowest BCUT2D eigenvalue weighted by molar-refractivity contribution is 0.130. The minimum absolute atomic E-state index is 0.0784. The van der Waals surface area contributed by atoms with Crippen molar-refractivity contribution in [3.8, 4) is 5.75 Å². The molecule has 0 saturated carbocycles.